The lowest BCUT2D eigenvalue weighted by atomic mass is 10.2. The van der Waals surface area contributed by atoms with Gasteiger partial charge < -0.3 is 5.32 Å². The van der Waals surface area contributed by atoms with Crippen molar-refractivity contribution in [3.05, 3.63) is 66.2 Å². The molecule has 0 radical (unpaired) electrons. The average Bonchev–Trinajstić information content (AvgIpc) is 3.04. The second-order valence-electron chi connectivity index (χ2n) is 5.54. The molecular weight excluding hydrogens is 320 g/mol. The summed E-state index contributed by atoms with van der Waals surface area (Å²) in [5, 5.41) is 6.77. The van der Waals surface area contributed by atoms with Gasteiger partial charge in [0.05, 0.1) is 0 Å². The van der Waals surface area contributed by atoms with Crippen molar-refractivity contribution in [3.8, 4) is 0 Å². The summed E-state index contributed by atoms with van der Waals surface area (Å²) >= 11 is 1.72. The number of hydrogen-bond donors (Lipinski definition) is 1. The minimum atomic E-state index is -0.129. The number of anilines is 1. The van der Waals surface area contributed by atoms with Crippen LogP contribution in [0.1, 0.15) is 11.1 Å². The predicted molar refractivity (Wildman–Crippen MR) is 95.1 cm³/mol. The van der Waals surface area contributed by atoms with Crippen LogP contribution < -0.4 is 5.32 Å². The molecule has 6 heteroatoms. The van der Waals surface area contributed by atoms with Crippen molar-refractivity contribution in [2.24, 2.45) is 0 Å². The molecule has 1 aromatic heterocycles. The van der Waals surface area contributed by atoms with Crippen LogP contribution in [0.5, 0.6) is 0 Å². The summed E-state index contributed by atoms with van der Waals surface area (Å²) in [6, 6.07) is 14.3. The Morgan fingerprint density at radius 2 is 1.96 bits per heavy atom. The van der Waals surface area contributed by atoms with E-state index in [9.17, 15) is 4.79 Å². The Bertz CT molecular complexity index is 829. The van der Waals surface area contributed by atoms with E-state index < -0.39 is 0 Å². The van der Waals surface area contributed by atoms with Gasteiger partial charge in [0.15, 0.2) is 0 Å². The van der Waals surface area contributed by atoms with E-state index in [0.29, 0.717) is 0 Å². The van der Waals surface area contributed by atoms with Crippen LogP contribution in [-0.4, -0.2) is 20.7 Å². The van der Waals surface area contributed by atoms with E-state index in [-0.39, 0.29) is 12.5 Å². The molecule has 1 amide bonds. The highest BCUT2D eigenvalue weighted by molar-refractivity contribution is 7.99. The minimum Gasteiger partial charge on any atom is -0.324 e. The lowest BCUT2D eigenvalue weighted by Gasteiger charge is -2.08. The molecule has 0 bridgehead atoms. The Morgan fingerprint density at radius 3 is 2.62 bits per heavy atom. The quantitative estimate of drug-likeness (QED) is 0.771. The lowest BCUT2D eigenvalue weighted by Crippen LogP contribution is -2.18. The monoisotopic (exact) mass is 338 g/mol. The van der Waals surface area contributed by atoms with Gasteiger partial charge in [-0.25, -0.2) is 9.67 Å². The van der Waals surface area contributed by atoms with E-state index in [1.54, 1.807) is 11.8 Å². The van der Waals surface area contributed by atoms with E-state index in [0.717, 1.165) is 10.6 Å². The lowest BCUT2D eigenvalue weighted by molar-refractivity contribution is -0.116. The van der Waals surface area contributed by atoms with Gasteiger partial charge in [0, 0.05) is 15.5 Å². The molecule has 0 spiro atoms. The predicted octanol–water partition coefficient (Wildman–Crippen LogP) is 3.68. The third-order valence-electron chi connectivity index (χ3n) is 3.47. The number of carbonyl (C=O) groups excluding carboxylic acids is 1. The summed E-state index contributed by atoms with van der Waals surface area (Å²) in [5.41, 5.74) is 3.30. The van der Waals surface area contributed by atoms with Crippen LogP contribution in [-0.2, 0) is 11.3 Å². The molecule has 0 fully saturated rings. The number of aryl methyl sites for hydroxylation is 2. The number of nitrogens with zero attached hydrogens (tertiary/aromatic N) is 3. The highest BCUT2D eigenvalue weighted by atomic mass is 32.2. The zero-order valence-electron chi connectivity index (χ0n) is 13.6. The van der Waals surface area contributed by atoms with Gasteiger partial charge in [0.1, 0.15) is 19.2 Å². The molecule has 3 aromatic rings. The molecule has 0 atom stereocenters. The Balaban J connectivity index is 1.61. The molecule has 0 aliphatic heterocycles. The Kier molecular flexibility index (Phi) is 4.96. The van der Waals surface area contributed by atoms with Crippen molar-refractivity contribution >= 4 is 23.4 Å². The molecule has 1 N–H and O–H groups in total. The van der Waals surface area contributed by atoms with Crippen molar-refractivity contribution in [2.45, 2.75) is 30.2 Å². The SMILES string of the molecule is Cc1ccc(Sc2ccc(NC(=O)Cn3cncn3)cc2)c(C)c1. The fourth-order valence-corrected chi connectivity index (χ4v) is 3.19. The van der Waals surface area contributed by atoms with Crippen molar-refractivity contribution in [2.75, 3.05) is 5.32 Å². The molecule has 0 saturated heterocycles. The van der Waals surface area contributed by atoms with Gasteiger partial charge in [0.25, 0.3) is 0 Å². The van der Waals surface area contributed by atoms with Crippen LogP contribution in [0.3, 0.4) is 0 Å². The molecule has 3 rings (SSSR count). The molecule has 2 aromatic carbocycles. The molecule has 122 valence electrons. The number of hydrogen-bond acceptors (Lipinski definition) is 4. The standard InChI is InChI=1S/C18H18N4OS/c1-13-3-8-17(14(2)9-13)24-16-6-4-15(5-7-16)21-18(23)10-22-12-19-11-20-22/h3-9,11-12H,10H2,1-2H3,(H,21,23). The van der Waals surface area contributed by atoms with Crippen LogP contribution in [0, 0.1) is 13.8 Å². The van der Waals surface area contributed by atoms with Gasteiger partial charge in [-0.3, -0.25) is 4.79 Å². The van der Waals surface area contributed by atoms with Crippen molar-refractivity contribution in [1.29, 1.82) is 0 Å². The second-order valence-corrected chi connectivity index (χ2v) is 6.65. The molecule has 0 aliphatic rings. The number of aromatic nitrogens is 3. The van der Waals surface area contributed by atoms with E-state index in [2.05, 4.69) is 47.4 Å². The molecule has 24 heavy (non-hydrogen) atoms. The van der Waals surface area contributed by atoms with E-state index in [4.69, 9.17) is 0 Å². The van der Waals surface area contributed by atoms with Crippen LogP contribution in [0.25, 0.3) is 0 Å². The first-order valence-corrected chi connectivity index (χ1v) is 8.39. The molecule has 5 nitrogen and oxygen atoms in total. The minimum absolute atomic E-state index is 0.129. The van der Waals surface area contributed by atoms with E-state index >= 15 is 0 Å². The first kappa shape index (κ1) is 16.3. The summed E-state index contributed by atoms with van der Waals surface area (Å²) in [7, 11) is 0. The van der Waals surface area contributed by atoms with Crippen LogP contribution in [0.2, 0.25) is 0 Å². The number of nitrogens with one attached hydrogen (secondary N) is 1. The van der Waals surface area contributed by atoms with Crippen molar-refractivity contribution in [1.82, 2.24) is 14.8 Å². The van der Waals surface area contributed by atoms with E-state index in [1.165, 1.54) is 33.4 Å². The van der Waals surface area contributed by atoms with Crippen molar-refractivity contribution in [3.63, 3.8) is 0 Å². The van der Waals surface area contributed by atoms with Crippen molar-refractivity contribution < 1.29 is 4.79 Å². The highest BCUT2D eigenvalue weighted by Crippen LogP contribution is 2.31. The fourth-order valence-electron chi connectivity index (χ4n) is 2.31. The molecule has 1 heterocycles. The molecule has 0 unspecified atom stereocenters. The zero-order valence-corrected chi connectivity index (χ0v) is 14.4. The zero-order chi connectivity index (χ0) is 16.9. The summed E-state index contributed by atoms with van der Waals surface area (Å²) in [5.74, 6) is -0.129. The third-order valence-corrected chi connectivity index (χ3v) is 4.65. The Hall–Kier alpha value is -2.60. The maximum absolute atomic E-state index is 11.9. The summed E-state index contributed by atoms with van der Waals surface area (Å²) < 4.78 is 1.49. The molecular formula is C18H18N4OS. The number of benzene rings is 2. The van der Waals surface area contributed by atoms with Gasteiger partial charge in [-0.1, -0.05) is 29.5 Å². The summed E-state index contributed by atoms with van der Waals surface area (Å²) in [6.45, 7) is 4.37. The maximum Gasteiger partial charge on any atom is 0.246 e. The van der Waals surface area contributed by atoms with Gasteiger partial charge >= 0.3 is 0 Å². The Morgan fingerprint density at radius 1 is 1.17 bits per heavy atom. The summed E-state index contributed by atoms with van der Waals surface area (Å²) in [6.07, 6.45) is 2.93. The largest absolute Gasteiger partial charge is 0.324 e. The maximum atomic E-state index is 11.9. The fraction of sp³-hybridized carbons (Fsp3) is 0.167. The highest BCUT2D eigenvalue weighted by Gasteiger charge is 2.05. The third kappa shape index (κ3) is 4.23. The topological polar surface area (TPSA) is 59.8 Å². The number of amides is 1. The van der Waals surface area contributed by atoms with E-state index in [1.807, 2.05) is 24.3 Å². The Labute approximate surface area is 145 Å². The number of carbonyl (C=O) groups is 1. The van der Waals surface area contributed by atoms with Crippen LogP contribution in [0.4, 0.5) is 5.69 Å². The van der Waals surface area contributed by atoms with Crippen LogP contribution in [0.15, 0.2) is 64.9 Å². The van der Waals surface area contributed by atoms with Crippen LogP contribution >= 0.6 is 11.8 Å². The average molecular weight is 338 g/mol. The second kappa shape index (κ2) is 7.31. The molecule has 0 aliphatic carbocycles. The van der Waals surface area contributed by atoms with Gasteiger partial charge in [-0.15, -0.1) is 0 Å². The first-order valence-electron chi connectivity index (χ1n) is 7.57. The van der Waals surface area contributed by atoms with Gasteiger partial charge in [-0.2, -0.15) is 5.10 Å². The van der Waals surface area contributed by atoms with Gasteiger partial charge in [0.2, 0.25) is 5.91 Å². The normalized spacial score (nSPS) is 10.6. The van der Waals surface area contributed by atoms with Gasteiger partial charge in [-0.05, 0) is 49.7 Å². The first-order chi connectivity index (χ1) is 11.6. The number of rotatable bonds is 5. The smallest absolute Gasteiger partial charge is 0.246 e. The molecule has 0 saturated carbocycles. The summed E-state index contributed by atoms with van der Waals surface area (Å²) in [4.78, 5) is 18.1.